The minimum Gasteiger partial charge on any atom is -0.398 e. The first kappa shape index (κ1) is 14.9. The van der Waals surface area contributed by atoms with Crippen LogP contribution in [0.5, 0.6) is 0 Å². The SMILES string of the molecule is CC1CCN(Cc2ccc(C(=O)N(C)C)cc2N)CC1. The van der Waals surface area contributed by atoms with E-state index in [4.69, 9.17) is 5.73 Å². The molecular formula is C16H25N3O. The van der Waals surface area contributed by atoms with E-state index in [0.717, 1.165) is 36.8 Å². The van der Waals surface area contributed by atoms with Crippen LogP contribution in [0.4, 0.5) is 5.69 Å². The van der Waals surface area contributed by atoms with Crippen LogP contribution in [0.1, 0.15) is 35.7 Å². The summed E-state index contributed by atoms with van der Waals surface area (Å²) in [6.45, 7) is 5.47. The average molecular weight is 275 g/mol. The Labute approximate surface area is 121 Å². The molecule has 1 aliphatic rings. The number of amides is 1. The predicted octanol–water partition coefficient (Wildman–Crippen LogP) is 2.20. The number of nitrogens with two attached hydrogens (primary N) is 1. The third-order valence-electron chi connectivity index (χ3n) is 4.07. The van der Waals surface area contributed by atoms with Crippen molar-refractivity contribution < 1.29 is 4.79 Å². The van der Waals surface area contributed by atoms with E-state index < -0.39 is 0 Å². The minimum absolute atomic E-state index is 0.00459. The second-order valence-corrected chi connectivity index (χ2v) is 6.07. The van der Waals surface area contributed by atoms with E-state index in [1.165, 1.54) is 12.8 Å². The van der Waals surface area contributed by atoms with Gasteiger partial charge in [-0.2, -0.15) is 0 Å². The quantitative estimate of drug-likeness (QED) is 0.860. The van der Waals surface area contributed by atoms with Gasteiger partial charge in [0.25, 0.3) is 5.91 Å². The van der Waals surface area contributed by atoms with Crippen molar-refractivity contribution in [2.75, 3.05) is 32.9 Å². The molecule has 0 atom stereocenters. The van der Waals surface area contributed by atoms with Crippen LogP contribution in [-0.2, 0) is 6.54 Å². The largest absolute Gasteiger partial charge is 0.398 e. The van der Waals surface area contributed by atoms with Crippen LogP contribution in [0.25, 0.3) is 0 Å². The van der Waals surface area contributed by atoms with Crippen LogP contribution in [-0.4, -0.2) is 42.9 Å². The topological polar surface area (TPSA) is 49.6 Å². The summed E-state index contributed by atoms with van der Waals surface area (Å²) >= 11 is 0. The molecule has 4 heteroatoms. The smallest absolute Gasteiger partial charge is 0.253 e. The third-order valence-corrected chi connectivity index (χ3v) is 4.07. The molecular weight excluding hydrogens is 250 g/mol. The minimum atomic E-state index is -0.00459. The summed E-state index contributed by atoms with van der Waals surface area (Å²) in [5.41, 5.74) is 8.60. The number of nitrogen functional groups attached to an aromatic ring is 1. The van der Waals surface area contributed by atoms with E-state index in [1.807, 2.05) is 12.1 Å². The summed E-state index contributed by atoms with van der Waals surface area (Å²) in [5, 5.41) is 0. The molecule has 110 valence electrons. The molecule has 1 saturated heterocycles. The molecule has 2 rings (SSSR count). The van der Waals surface area contributed by atoms with Crippen molar-refractivity contribution in [2.24, 2.45) is 5.92 Å². The van der Waals surface area contributed by atoms with Crippen LogP contribution in [0, 0.1) is 5.92 Å². The molecule has 0 bridgehead atoms. The maximum Gasteiger partial charge on any atom is 0.253 e. The highest BCUT2D eigenvalue weighted by Crippen LogP contribution is 2.21. The Kier molecular flexibility index (Phi) is 4.65. The van der Waals surface area contributed by atoms with E-state index in [0.29, 0.717) is 5.56 Å². The van der Waals surface area contributed by atoms with Gasteiger partial charge in [-0.15, -0.1) is 0 Å². The molecule has 20 heavy (non-hydrogen) atoms. The Balaban J connectivity index is 2.04. The fraction of sp³-hybridized carbons (Fsp3) is 0.562. The monoisotopic (exact) mass is 275 g/mol. The molecule has 0 aliphatic carbocycles. The number of hydrogen-bond acceptors (Lipinski definition) is 3. The number of likely N-dealkylation sites (tertiary alicyclic amines) is 1. The number of carbonyl (C=O) groups excluding carboxylic acids is 1. The number of hydrogen-bond donors (Lipinski definition) is 1. The standard InChI is InChI=1S/C16H25N3O/c1-12-6-8-19(9-7-12)11-14-5-4-13(10-15(14)17)16(20)18(2)3/h4-5,10,12H,6-9,11,17H2,1-3H3. The molecule has 1 aliphatic heterocycles. The fourth-order valence-corrected chi connectivity index (χ4v) is 2.59. The predicted molar refractivity (Wildman–Crippen MR) is 82.5 cm³/mol. The van der Waals surface area contributed by atoms with Crippen LogP contribution in [0.15, 0.2) is 18.2 Å². The molecule has 1 amide bonds. The van der Waals surface area contributed by atoms with Crippen molar-refractivity contribution in [1.82, 2.24) is 9.80 Å². The Hall–Kier alpha value is -1.55. The van der Waals surface area contributed by atoms with Crippen molar-refractivity contribution in [2.45, 2.75) is 26.3 Å². The molecule has 0 unspecified atom stereocenters. The van der Waals surface area contributed by atoms with Crippen LogP contribution >= 0.6 is 0 Å². The second-order valence-electron chi connectivity index (χ2n) is 6.07. The summed E-state index contributed by atoms with van der Waals surface area (Å²) in [7, 11) is 3.50. The molecule has 1 aromatic carbocycles. The zero-order valence-corrected chi connectivity index (χ0v) is 12.7. The first-order valence-corrected chi connectivity index (χ1v) is 7.29. The molecule has 4 nitrogen and oxygen atoms in total. The van der Waals surface area contributed by atoms with E-state index in [9.17, 15) is 4.79 Å². The number of nitrogens with zero attached hydrogens (tertiary/aromatic N) is 2. The summed E-state index contributed by atoms with van der Waals surface area (Å²) in [5.74, 6) is 0.832. The van der Waals surface area contributed by atoms with Crippen LogP contribution < -0.4 is 5.73 Å². The summed E-state index contributed by atoms with van der Waals surface area (Å²) in [6, 6.07) is 5.66. The van der Waals surface area contributed by atoms with Gasteiger partial charge >= 0.3 is 0 Å². The first-order chi connectivity index (χ1) is 9.47. The van der Waals surface area contributed by atoms with Gasteiger partial charge in [-0.25, -0.2) is 0 Å². The Morgan fingerprint density at radius 3 is 2.55 bits per heavy atom. The first-order valence-electron chi connectivity index (χ1n) is 7.29. The lowest BCUT2D eigenvalue weighted by Gasteiger charge is -2.30. The fourth-order valence-electron chi connectivity index (χ4n) is 2.59. The Morgan fingerprint density at radius 2 is 2.00 bits per heavy atom. The van der Waals surface area contributed by atoms with Crippen molar-refractivity contribution in [3.8, 4) is 0 Å². The molecule has 1 fully saturated rings. The maximum atomic E-state index is 11.9. The van der Waals surface area contributed by atoms with E-state index in [-0.39, 0.29) is 5.91 Å². The zero-order valence-electron chi connectivity index (χ0n) is 12.7. The highest BCUT2D eigenvalue weighted by molar-refractivity contribution is 5.94. The molecule has 1 aromatic rings. The van der Waals surface area contributed by atoms with Gasteiger partial charge in [-0.3, -0.25) is 9.69 Å². The Bertz CT molecular complexity index is 477. The van der Waals surface area contributed by atoms with Gasteiger partial charge in [0, 0.05) is 31.9 Å². The summed E-state index contributed by atoms with van der Waals surface area (Å²) in [4.78, 5) is 15.9. The second kappa shape index (κ2) is 6.27. The molecule has 1 heterocycles. The normalized spacial score (nSPS) is 17.1. The van der Waals surface area contributed by atoms with Gasteiger partial charge in [0.15, 0.2) is 0 Å². The summed E-state index contributed by atoms with van der Waals surface area (Å²) < 4.78 is 0. The average Bonchev–Trinajstić information content (AvgIpc) is 2.42. The van der Waals surface area contributed by atoms with Crippen molar-refractivity contribution in [1.29, 1.82) is 0 Å². The highest BCUT2D eigenvalue weighted by atomic mass is 16.2. The molecule has 0 saturated carbocycles. The number of piperidine rings is 1. The molecule has 0 radical (unpaired) electrons. The molecule has 0 aromatic heterocycles. The van der Waals surface area contributed by atoms with Crippen molar-refractivity contribution >= 4 is 11.6 Å². The highest BCUT2D eigenvalue weighted by Gasteiger charge is 2.17. The number of carbonyl (C=O) groups is 1. The van der Waals surface area contributed by atoms with Crippen LogP contribution in [0.2, 0.25) is 0 Å². The number of rotatable bonds is 3. The molecule has 0 spiro atoms. The van der Waals surface area contributed by atoms with E-state index in [2.05, 4.69) is 11.8 Å². The maximum absolute atomic E-state index is 11.9. The van der Waals surface area contributed by atoms with Gasteiger partial charge in [0.1, 0.15) is 0 Å². The Morgan fingerprint density at radius 1 is 1.35 bits per heavy atom. The number of anilines is 1. The van der Waals surface area contributed by atoms with Gasteiger partial charge < -0.3 is 10.6 Å². The van der Waals surface area contributed by atoms with Gasteiger partial charge in [0.05, 0.1) is 0 Å². The zero-order chi connectivity index (χ0) is 14.7. The van der Waals surface area contributed by atoms with E-state index >= 15 is 0 Å². The van der Waals surface area contributed by atoms with Gasteiger partial charge in [-0.1, -0.05) is 13.0 Å². The third kappa shape index (κ3) is 3.51. The van der Waals surface area contributed by atoms with Gasteiger partial charge in [0.2, 0.25) is 0 Å². The van der Waals surface area contributed by atoms with E-state index in [1.54, 1.807) is 25.1 Å². The lowest BCUT2D eigenvalue weighted by atomic mass is 9.98. The van der Waals surface area contributed by atoms with Gasteiger partial charge in [-0.05, 0) is 49.5 Å². The van der Waals surface area contributed by atoms with Crippen molar-refractivity contribution in [3.63, 3.8) is 0 Å². The molecule has 2 N–H and O–H groups in total. The lowest BCUT2D eigenvalue weighted by Crippen LogP contribution is -2.32. The summed E-state index contributed by atoms with van der Waals surface area (Å²) in [6.07, 6.45) is 2.52. The van der Waals surface area contributed by atoms with Crippen molar-refractivity contribution in [3.05, 3.63) is 29.3 Å². The number of benzene rings is 1. The van der Waals surface area contributed by atoms with Crippen LogP contribution in [0.3, 0.4) is 0 Å². The lowest BCUT2D eigenvalue weighted by molar-refractivity contribution is 0.0827.